The first-order valence-corrected chi connectivity index (χ1v) is 10.2. The summed E-state index contributed by atoms with van der Waals surface area (Å²) in [5.74, 6) is 0.818. The summed E-state index contributed by atoms with van der Waals surface area (Å²) in [6.07, 6.45) is 8.19. The van der Waals surface area contributed by atoms with Gasteiger partial charge in [-0.3, -0.25) is 0 Å². The SMILES string of the molecule is OCC[n+]1ccc(/C=C/c2ccc(N(CCS)Cc3ccccc3)cc2)cc1. The van der Waals surface area contributed by atoms with Gasteiger partial charge in [0.15, 0.2) is 18.9 Å². The number of pyridine rings is 1. The molecule has 0 bridgehead atoms. The Labute approximate surface area is 173 Å². The Kier molecular flexibility index (Phi) is 7.71. The molecule has 3 aromatic rings. The maximum atomic E-state index is 8.98. The van der Waals surface area contributed by atoms with Gasteiger partial charge in [-0.2, -0.15) is 12.6 Å². The molecule has 1 heterocycles. The second-order valence-electron chi connectivity index (χ2n) is 6.65. The van der Waals surface area contributed by atoms with Crippen molar-refractivity contribution in [3.8, 4) is 0 Å². The highest BCUT2D eigenvalue weighted by Gasteiger charge is 2.06. The van der Waals surface area contributed by atoms with E-state index in [1.54, 1.807) is 0 Å². The van der Waals surface area contributed by atoms with E-state index in [1.165, 1.54) is 16.8 Å². The fourth-order valence-electron chi connectivity index (χ4n) is 3.06. The molecule has 0 atom stereocenters. The molecule has 3 nitrogen and oxygen atoms in total. The van der Waals surface area contributed by atoms with Crippen LogP contribution in [0.1, 0.15) is 16.7 Å². The van der Waals surface area contributed by atoms with E-state index in [9.17, 15) is 0 Å². The number of anilines is 1. The van der Waals surface area contributed by atoms with Crippen molar-refractivity contribution in [2.24, 2.45) is 0 Å². The van der Waals surface area contributed by atoms with Gasteiger partial charge in [0.2, 0.25) is 0 Å². The Balaban J connectivity index is 1.67. The summed E-state index contributed by atoms with van der Waals surface area (Å²) in [5.41, 5.74) is 4.82. The summed E-state index contributed by atoms with van der Waals surface area (Å²) in [4.78, 5) is 2.35. The predicted octanol–water partition coefficient (Wildman–Crippen LogP) is 4.07. The highest BCUT2D eigenvalue weighted by molar-refractivity contribution is 7.80. The molecule has 0 aliphatic carbocycles. The lowest BCUT2D eigenvalue weighted by molar-refractivity contribution is -0.698. The maximum Gasteiger partial charge on any atom is 0.171 e. The maximum absolute atomic E-state index is 8.98. The second-order valence-corrected chi connectivity index (χ2v) is 7.10. The minimum atomic E-state index is 0.153. The van der Waals surface area contributed by atoms with Gasteiger partial charge in [-0.1, -0.05) is 54.6 Å². The van der Waals surface area contributed by atoms with Gasteiger partial charge in [0.05, 0.1) is 0 Å². The summed E-state index contributed by atoms with van der Waals surface area (Å²) >= 11 is 4.42. The monoisotopic (exact) mass is 391 g/mol. The van der Waals surface area contributed by atoms with Crippen molar-refractivity contribution in [3.05, 3.63) is 95.8 Å². The molecule has 2 aromatic carbocycles. The fourth-order valence-corrected chi connectivity index (χ4v) is 3.30. The predicted molar refractivity (Wildman–Crippen MR) is 120 cm³/mol. The van der Waals surface area contributed by atoms with Crippen LogP contribution in [0, 0.1) is 0 Å². The van der Waals surface area contributed by atoms with E-state index in [1.807, 2.05) is 23.0 Å². The van der Waals surface area contributed by atoms with Crippen molar-refractivity contribution >= 4 is 30.5 Å². The molecule has 0 radical (unpaired) electrons. The zero-order valence-corrected chi connectivity index (χ0v) is 16.9. The minimum Gasteiger partial charge on any atom is -0.390 e. The molecule has 28 heavy (non-hydrogen) atoms. The van der Waals surface area contributed by atoms with Crippen LogP contribution in [0.2, 0.25) is 0 Å². The third kappa shape index (κ3) is 5.98. The van der Waals surface area contributed by atoms with Crippen LogP contribution in [-0.2, 0) is 13.1 Å². The summed E-state index contributed by atoms with van der Waals surface area (Å²) in [7, 11) is 0. The van der Waals surface area contributed by atoms with E-state index in [-0.39, 0.29) is 6.61 Å². The van der Waals surface area contributed by atoms with E-state index in [0.717, 1.165) is 24.4 Å². The molecule has 0 fully saturated rings. The van der Waals surface area contributed by atoms with Crippen molar-refractivity contribution in [1.82, 2.24) is 0 Å². The first-order chi connectivity index (χ1) is 13.8. The number of rotatable bonds is 9. The van der Waals surface area contributed by atoms with Crippen molar-refractivity contribution in [3.63, 3.8) is 0 Å². The van der Waals surface area contributed by atoms with Gasteiger partial charge in [0.1, 0.15) is 6.61 Å². The Bertz CT molecular complexity index is 861. The van der Waals surface area contributed by atoms with Gasteiger partial charge >= 0.3 is 0 Å². The van der Waals surface area contributed by atoms with Crippen LogP contribution < -0.4 is 9.47 Å². The van der Waals surface area contributed by atoms with Crippen LogP contribution in [0.25, 0.3) is 12.2 Å². The number of hydrogen-bond donors (Lipinski definition) is 2. The van der Waals surface area contributed by atoms with Gasteiger partial charge in [-0.25, -0.2) is 4.57 Å². The van der Waals surface area contributed by atoms with Crippen LogP contribution in [0.4, 0.5) is 5.69 Å². The molecule has 0 aliphatic heterocycles. The molecule has 3 rings (SSSR count). The molecule has 144 valence electrons. The van der Waals surface area contributed by atoms with Crippen LogP contribution in [0.5, 0.6) is 0 Å². The summed E-state index contributed by atoms with van der Waals surface area (Å²) in [6, 6.07) is 23.3. The van der Waals surface area contributed by atoms with Crippen LogP contribution >= 0.6 is 12.6 Å². The van der Waals surface area contributed by atoms with E-state index in [4.69, 9.17) is 5.11 Å². The molecule has 0 saturated heterocycles. The van der Waals surface area contributed by atoms with Gasteiger partial charge < -0.3 is 10.0 Å². The Hall–Kier alpha value is -2.56. The lowest BCUT2D eigenvalue weighted by Crippen LogP contribution is -2.34. The van der Waals surface area contributed by atoms with Gasteiger partial charge in [0, 0.05) is 36.7 Å². The Morgan fingerprint density at radius 2 is 1.50 bits per heavy atom. The third-order valence-corrected chi connectivity index (χ3v) is 4.79. The number of hydrogen-bond acceptors (Lipinski definition) is 3. The average Bonchev–Trinajstić information content (AvgIpc) is 2.74. The molecule has 0 unspecified atom stereocenters. The average molecular weight is 392 g/mol. The lowest BCUT2D eigenvalue weighted by atomic mass is 10.1. The number of thiol groups is 1. The number of aromatic nitrogens is 1. The molecule has 0 aliphatic rings. The molecular formula is C24H27N2OS+. The second kappa shape index (κ2) is 10.7. The highest BCUT2D eigenvalue weighted by atomic mass is 32.1. The van der Waals surface area contributed by atoms with Crippen molar-refractivity contribution < 1.29 is 9.67 Å². The largest absolute Gasteiger partial charge is 0.390 e. The minimum absolute atomic E-state index is 0.153. The highest BCUT2D eigenvalue weighted by Crippen LogP contribution is 2.19. The van der Waals surface area contributed by atoms with Gasteiger partial charge in [-0.15, -0.1) is 0 Å². The molecule has 0 spiro atoms. The Morgan fingerprint density at radius 3 is 2.11 bits per heavy atom. The molecule has 1 aromatic heterocycles. The van der Waals surface area contributed by atoms with Crippen molar-refractivity contribution in [2.45, 2.75) is 13.1 Å². The first kappa shape index (κ1) is 20.2. The van der Waals surface area contributed by atoms with E-state index >= 15 is 0 Å². The number of aliphatic hydroxyl groups is 1. The lowest BCUT2D eigenvalue weighted by Gasteiger charge is -2.24. The molecular weight excluding hydrogens is 364 g/mol. The van der Waals surface area contributed by atoms with Crippen molar-refractivity contribution in [1.29, 1.82) is 0 Å². The molecule has 4 heteroatoms. The smallest absolute Gasteiger partial charge is 0.171 e. The van der Waals surface area contributed by atoms with Crippen molar-refractivity contribution in [2.75, 3.05) is 23.8 Å². The van der Waals surface area contributed by atoms with Crippen LogP contribution in [0.15, 0.2) is 79.1 Å². The van der Waals surface area contributed by atoms with Crippen LogP contribution in [-0.4, -0.2) is 24.0 Å². The van der Waals surface area contributed by atoms with E-state index in [0.29, 0.717) is 6.54 Å². The number of benzene rings is 2. The summed E-state index contributed by atoms with van der Waals surface area (Å²) in [6.45, 7) is 2.57. The summed E-state index contributed by atoms with van der Waals surface area (Å²) < 4.78 is 1.97. The molecule has 0 saturated carbocycles. The first-order valence-electron chi connectivity index (χ1n) is 9.56. The standard InChI is InChI=1S/C24H26N2OS/c27-18-16-25-14-12-22(13-15-25)7-6-21-8-10-24(11-9-21)26(17-19-28)20-23-4-2-1-3-5-23/h1-15,27H,16-20H2/p+1. The van der Waals surface area contributed by atoms with Gasteiger partial charge in [0.25, 0.3) is 0 Å². The zero-order valence-electron chi connectivity index (χ0n) is 16.0. The summed E-state index contributed by atoms with van der Waals surface area (Å²) in [5, 5.41) is 8.98. The third-order valence-electron chi connectivity index (χ3n) is 4.59. The molecule has 0 amide bonds. The fraction of sp³-hybridized carbons (Fsp3) is 0.208. The Morgan fingerprint density at radius 1 is 0.857 bits per heavy atom. The number of aliphatic hydroxyl groups excluding tert-OH is 1. The van der Waals surface area contributed by atoms with E-state index in [2.05, 4.69) is 90.3 Å². The van der Waals surface area contributed by atoms with Crippen LogP contribution in [0.3, 0.4) is 0 Å². The number of nitrogens with zero attached hydrogens (tertiary/aromatic N) is 2. The zero-order chi connectivity index (χ0) is 19.6. The quantitative estimate of drug-likeness (QED) is 0.425. The molecule has 1 N–H and O–H groups in total. The van der Waals surface area contributed by atoms with E-state index < -0.39 is 0 Å². The normalized spacial score (nSPS) is 11.1. The van der Waals surface area contributed by atoms with Gasteiger partial charge in [-0.05, 0) is 28.8 Å². The topological polar surface area (TPSA) is 27.4 Å².